The first-order chi connectivity index (χ1) is 15.5. The highest BCUT2D eigenvalue weighted by molar-refractivity contribution is 6.00. The number of aromatic nitrogens is 4. The maximum absolute atomic E-state index is 11.7. The van der Waals surface area contributed by atoms with Gasteiger partial charge in [-0.15, -0.1) is 0 Å². The van der Waals surface area contributed by atoms with Gasteiger partial charge in [-0.1, -0.05) is 12.1 Å². The fraction of sp³-hybridized carbons (Fsp3) is 0.217. The lowest BCUT2D eigenvalue weighted by molar-refractivity contribution is -0.130. The summed E-state index contributed by atoms with van der Waals surface area (Å²) in [6, 6.07) is 10.1. The number of anilines is 3. The molecule has 9 nitrogen and oxygen atoms in total. The molecular formula is C23H21N7O2. The quantitative estimate of drug-likeness (QED) is 0.524. The Morgan fingerprint density at radius 1 is 1.16 bits per heavy atom. The van der Waals surface area contributed by atoms with E-state index in [4.69, 9.17) is 0 Å². The molecule has 32 heavy (non-hydrogen) atoms. The summed E-state index contributed by atoms with van der Waals surface area (Å²) in [6.45, 7) is 3.49. The van der Waals surface area contributed by atoms with E-state index in [2.05, 4.69) is 20.7 Å². The van der Waals surface area contributed by atoms with Crippen LogP contribution in [0.5, 0.6) is 0 Å². The number of benzene rings is 1. The summed E-state index contributed by atoms with van der Waals surface area (Å²) in [6.07, 6.45) is 6.11. The van der Waals surface area contributed by atoms with Gasteiger partial charge in [0.05, 0.1) is 30.9 Å². The largest absolute Gasteiger partial charge is 0.336 e. The molecule has 160 valence electrons. The summed E-state index contributed by atoms with van der Waals surface area (Å²) >= 11 is 0. The average molecular weight is 427 g/mol. The normalized spacial score (nSPS) is 14.9. The third kappa shape index (κ3) is 3.09. The topological polar surface area (TPSA) is 96.6 Å². The highest BCUT2D eigenvalue weighted by Crippen LogP contribution is 2.32. The van der Waals surface area contributed by atoms with Gasteiger partial charge in [0.1, 0.15) is 0 Å². The van der Waals surface area contributed by atoms with Gasteiger partial charge in [0.15, 0.2) is 11.5 Å². The summed E-state index contributed by atoms with van der Waals surface area (Å²) in [5, 5.41) is 11.0. The number of pyridine rings is 1. The van der Waals surface area contributed by atoms with Crippen LogP contribution in [0.3, 0.4) is 0 Å². The zero-order chi connectivity index (χ0) is 21.8. The first-order valence-corrected chi connectivity index (χ1v) is 10.5. The average Bonchev–Trinajstić information content (AvgIpc) is 3.49. The number of hydrogen-bond donors (Lipinski definition) is 2. The number of carbonyl (C=O) groups is 2. The van der Waals surface area contributed by atoms with Gasteiger partial charge >= 0.3 is 0 Å². The Kier molecular flexibility index (Phi) is 4.04. The summed E-state index contributed by atoms with van der Waals surface area (Å²) in [7, 11) is 0. The van der Waals surface area contributed by atoms with Crippen molar-refractivity contribution in [2.45, 2.75) is 26.4 Å². The van der Waals surface area contributed by atoms with E-state index in [9.17, 15) is 9.59 Å². The predicted octanol–water partition coefficient (Wildman–Crippen LogP) is 2.80. The molecular weight excluding hydrogens is 406 g/mol. The van der Waals surface area contributed by atoms with Crippen molar-refractivity contribution in [3.63, 3.8) is 0 Å². The highest BCUT2D eigenvalue weighted by Gasteiger charge is 2.21. The molecule has 0 aliphatic carbocycles. The molecule has 9 heteroatoms. The molecule has 0 bridgehead atoms. The predicted molar refractivity (Wildman–Crippen MR) is 120 cm³/mol. The second kappa shape index (κ2) is 6.94. The van der Waals surface area contributed by atoms with Crippen LogP contribution in [-0.4, -0.2) is 42.4 Å². The molecule has 6 rings (SSSR count). The van der Waals surface area contributed by atoms with E-state index >= 15 is 0 Å². The van der Waals surface area contributed by atoms with Gasteiger partial charge in [-0.2, -0.15) is 5.10 Å². The Labute approximate surface area is 183 Å². The van der Waals surface area contributed by atoms with Crippen molar-refractivity contribution in [3.05, 3.63) is 60.2 Å². The molecule has 0 atom stereocenters. The molecule has 0 saturated carbocycles. The van der Waals surface area contributed by atoms with Gasteiger partial charge in [-0.3, -0.25) is 14.3 Å². The summed E-state index contributed by atoms with van der Waals surface area (Å²) < 4.78 is 3.91. The van der Waals surface area contributed by atoms with Crippen molar-refractivity contribution < 1.29 is 9.59 Å². The number of hydrogen-bond acceptors (Lipinski definition) is 5. The number of carbonyl (C=O) groups excluding carboxylic acids is 2. The Morgan fingerprint density at radius 3 is 2.94 bits per heavy atom. The number of nitrogens with zero attached hydrogens (tertiary/aromatic N) is 5. The third-order valence-corrected chi connectivity index (χ3v) is 6.06. The molecule has 4 aromatic rings. The van der Waals surface area contributed by atoms with Crippen LogP contribution < -0.4 is 10.6 Å². The molecule has 0 fully saturated rings. The van der Waals surface area contributed by atoms with Gasteiger partial charge in [0, 0.05) is 49.4 Å². The zero-order valence-corrected chi connectivity index (χ0v) is 17.5. The Bertz CT molecular complexity index is 1400. The van der Waals surface area contributed by atoms with E-state index in [1.54, 1.807) is 13.1 Å². The SMILES string of the molecule is CC(=O)N1CCn2nc(Nc3cc(-c4ccc5c(c4)NC(=O)C5)cn4ccnc34)cc2C1. The number of imidazole rings is 1. The minimum atomic E-state index is 0.0247. The van der Waals surface area contributed by atoms with Crippen LogP contribution in [0.15, 0.2) is 48.9 Å². The van der Waals surface area contributed by atoms with Gasteiger partial charge < -0.3 is 19.9 Å². The Balaban J connectivity index is 1.36. The maximum Gasteiger partial charge on any atom is 0.228 e. The first kappa shape index (κ1) is 18.6. The lowest BCUT2D eigenvalue weighted by Crippen LogP contribution is -2.36. The van der Waals surface area contributed by atoms with Crippen molar-refractivity contribution in [1.82, 2.24) is 24.1 Å². The highest BCUT2D eigenvalue weighted by atomic mass is 16.2. The molecule has 2 N–H and O–H groups in total. The molecule has 0 spiro atoms. The summed E-state index contributed by atoms with van der Waals surface area (Å²) in [4.78, 5) is 29.8. The second-order valence-corrected chi connectivity index (χ2v) is 8.21. The van der Waals surface area contributed by atoms with E-state index in [-0.39, 0.29) is 11.8 Å². The van der Waals surface area contributed by atoms with E-state index in [0.717, 1.165) is 39.4 Å². The van der Waals surface area contributed by atoms with Gasteiger partial charge in [-0.05, 0) is 23.3 Å². The molecule has 3 aromatic heterocycles. The number of rotatable bonds is 3. The number of amides is 2. The zero-order valence-electron chi connectivity index (χ0n) is 17.5. The summed E-state index contributed by atoms with van der Waals surface area (Å²) in [5.74, 6) is 0.814. The van der Waals surface area contributed by atoms with Crippen molar-refractivity contribution >= 4 is 34.7 Å². The van der Waals surface area contributed by atoms with Crippen LogP contribution in [-0.2, 0) is 29.1 Å². The van der Waals surface area contributed by atoms with Crippen molar-refractivity contribution in [3.8, 4) is 11.1 Å². The van der Waals surface area contributed by atoms with Crippen molar-refractivity contribution in [1.29, 1.82) is 0 Å². The lowest BCUT2D eigenvalue weighted by atomic mass is 10.0. The Morgan fingerprint density at radius 2 is 2.06 bits per heavy atom. The van der Waals surface area contributed by atoms with Crippen LogP contribution in [0.25, 0.3) is 16.8 Å². The Hall–Kier alpha value is -4.14. The minimum absolute atomic E-state index is 0.0247. The van der Waals surface area contributed by atoms with E-state index in [1.807, 2.05) is 56.7 Å². The standard InChI is InChI=1S/C23H21N7O2/c1-14(31)28-6-7-30-18(13-28)11-21(27-30)25-20-9-17(12-29-5-4-24-23(20)29)15-2-3-16-10-22(32)26-19(16)8-15/h2-5,8-9,11-12H,6-7,10,13H2,1H3,(H,25,27)(H,26,32). The van der Waals surface area contributed by atoms with Crippen LogP contribution in [0.1, 0.15) is 18.2 Å². The second-order valence-electron chi connectivity index (χ2n) is 8.21. The fourth-order valence-corrected chi connectivity index (χ4v) is 4.41. The summed E-state index contributed by atoms with van der Waals surface area (Å²) in [5.41, 5.74) is 6.50. The third-order valence-electron chi connectivity index (χ3n) is 6.06. The van der Waals surface area contributed by atoms with Crippen LogP contribution in [0.2, 0.25) is 0 Å². The molecule has 2 amide bonds. The monoisotopic (exact) mass is 427 g/mol. The van der Waals surface area contributed by atoms with Gasteiger partial charge in [0.2, 0.25) is 11.8 Å². The van der Waals surface area contributed by atoms with Crippen LogP contribution in [0.4, 0.5) is 17.2 Å². The fourth-order valence-electron chi connectivity index (χ4n) is 4.41. The van der Waals surface area contributed by atoms with E-state index < -0.39 is 0 Å². The van der Waals surface area contributed by atoms with Crippen molar-refractivity contribution in [2.75, 3.05) is 17.2 Å². The van der Waals surface area contributed by atoms with Crippen LogP contribution in [0, 0.1) is 0 Å². The number of nitrogens with one attached hydrogen (secondary N) is 2. The number of fused-ring (bicyclic) bond motifs is 3. The van der Waals surface area contributed by atoms with E-state index in [0.29, 0.717) is 31.9 Å². The van der Waals surface area contributed by atoms with E-state index in [1.165, 1.54) is 0 Å². The van der Waals surface area contributed by atoms with Gasteiger partial charge in [0.25, 0.3) is 0 Å². The molecule has 1 aromatic carbocycles. The van der Waals surface area contributed by atoms with Crippen LogP contribution >= 0.6 is 0 Å². The van der Waals surface area contributed by atoms with Gasteiger partial charge in [-0.25, -0.2) is 4.98 Å². The smallest absolute Gasteiger partial charge is 0.228 e. The maximum atomic E-state index is 11.7. The molecule has 5 heterocycles. The minimum Gasteiger partial charge on any atom is -0.336 e. The molecule has 2 aliphatic heterocycles. The first-order valence-electron chi connectivity index (χ1n) is 10.5. The van der Waals surface area contributed by atoms with Crippen molar-refractivity contribution in [2.24, 2.45) is 0 Å². The molecule has 0 saturated heterocycles. The molecule has 2 aliphatic rings. The lowest BCUT2D eigenvalue weighted by Gasteiger charge is -2.26. The molecule has 0 unspecified atom stereocenters. The molecule has 0 radical (unpaired) electrons.